The van der Waals surface area contributed by atoms with E-state index in [1.165, 1.54) is 11.3 Å². The molecule has 4 aromatic heterocycles. The number of carbonyl (C=O) groups is 1. The lowest BCUT2D eigenvalue weighted by molar-refractivity contribution is -0.117. The van der Waals surface area contributed by atoms with Crippen molar-refractivity contribution in [2.75, 3.05) is 12.4 Å². The molecular weight excluding hydrogens is 450 g/mol. The van der Waals surface area contributed by atoms with Crippen LogP contribution in [0.15, 0.2) is 36.8 Å². The Hall–Kier alpha value is -3.50. The van der Waals surface area contributed by atoms with Gasteiger partial charge < -0.3 is 10.1 Å². The van der Waals surface area contributed by atoms with Crippen molar-refractivity contribution in [3.63, 3.8) is 0 Å². The quantitative estimate of drug-likeness (QED) is 0.371. The molecule has 1 fully saturated rings. The third-order valence-corrected chi connectivity index (χ3v) is 6.65. The fourth-order valence-corrected chi connectivity index (χ4v) is 4.72. The van der Waals surface area contributed by atoms with Crippen LogP contribution in [0.1, 0.15) is 12.8 Å². The Balaban J connectivity index is 1.43. The molecule has 1 saturated carbocycles. The summed E-state index contributed by atoms with van der Waals surface area (Å²) in [5.74, 6) is 1.49. The summed E-state index contributed by atoms with van der Waals surface area (Å²) in [5.41, 5.74) is 2.82. The summed E-state index contributed by atoms with van der Waals surface area (Å²) in [6.45, 7) is 0. The van der Waals surface area contributed by atoms with E-state index in [-0.39, 0.29) is 11.8 Å². The van der Waals surface area contributed by atoms with Gasteiger partial charge in [-0.25, -0.2) is 15.0 Å². The number of amides is 1. The molecule has 0 bridgehead atoms. The Labute approximate surface area is 190 Å². The smallest absolute Gasteiger partial charge is 0.229 e. The SMILES string of the molecule is COc1ccc2nc(Cl)c(-c3cncn3-c3n[nH]c4nc(NC(=O)C5CC5)sc34)cc2c1. The lowest BCUT2D eigenvalue weighted by atomic mass is 10.1. The maximum atomic E-state index is 12.1. The normalized spacial score (nSPS) is 13.7. The first kappa shape index (κ1) is 19.2. The van der Waals surface area contributed by atoms with Gasteiger partial charge in [-0.2, -0.15) is 5.10 Å². The Morgan fingerprint density at radius 1 is 1.31 bits per heavy atom. The summed E-state index contributed by atoms with van der Waals surface area (Å²) in [6.07, 6.45) is 5.25. The standard InChI is InChI=1S/C21H16ClN7O2S/c1-31-12-4-5-14-11(6-12)7-13(17(22)24-14)15-8-23-9-29(15)19-16-18(27-28-19)25-21(32-16)26-20(30)10-2-3-10/h4-10H,2-3H2,1H3,(H2,25,26,27,28,30). The van der Waals surface area contributed by atoms with Crippen molar-refractivity contribution < 1.29 is 9.53 Å². The van der Waals surface area contributed by atoms with Crippen LogP contribution in [-0.4, -0.2) is 42.7 Å². The van der Waals surface area contributed by atoms with Gasteiger partial charge >= 0.3 is 0 Å². The third-order valence-electron chi connectivity index (χ3n) is 5.39. The molecule has 6 rings (SSSR count). The number of nitrogens with one attached hydrogen (secondary N) is 2. The van der Waals surface area contributed by atoms with Crippen LogP contribution in [0.5, 0.6) is 5.75 Å². The van der Waals surface area contributed by atoms with Gasteiger partial charge in [0.05, 0.1) is 24.5 Å². The first-order valence-corrected chi connectivity index (χ1v) is 11.1. The molecule has 0 radical (unpaired) electrons. The number of aromatic amines is 1. The minimum atomic E-state index is 0.0173. The highest BCUT2D eigenvalue weighted by molar-refractivity contribution is 7.22. The highest BCUT2D eigenvalue weighted by Crippen LogP contribution is 2.36. The predicted molar refractivity (Wildman–Crippen MR) is 123 cm³/mol. The zero-order valence-electron chi connectivity index (χ0n) is 16.8. The molecule has 0 spiro atoms. The number of aromatic nitrogens is 6. The average Bonchev–Trinajstić information content (AvgIpc) is 3.23. The van der Waals surface area contributed by atoms with Crippen molar-refractivity contribution >= 4 is 55.2 Å². The number of pyridine rings is 1. The second kappa shape index (κ2) is 7.28. The number of hydrogen-bond donors (Lipinski definition) is 2. The van der Waals surface area contributed by atoms with Gasteiger partial charge in [0, 0.05) is 16.9 Å². The number of ether oxygens (including phenoxy) is 1. The summed E-state index contributed by atoms with van der Waals surface area (Å²) >= 11 is 7.92. The number of halogens is 1. The Kier molecular flexibility index (Phi) is 4.37. The molecule has 0 aliphatic heterocycles. The maximum Gasteiger partial charge on any atom is 0.229 e. The highest BCUT2D eigenvalue weighted by Gasteiger charge is 2.30. The first-order valence-electron chi connectivity index (χ1n) is 9.94. The molecule has 1 aliphatic carbocycles. The molecule has 1 amide bonds. The zero-order chi connectivity index (χ0) is 21.8. The minimum absolute atomic E-state index is 0.0173. The van der Waals surface area contributed by atoms with Gasteiger partial charge in [-0.15, -0.1) is 0 Å². The average molecular weight is 466 g/mol. The van der Waals surface area contributed by atoms with E-state index in [1.807, 2.05) is 28.8 Å². The molecule has 160 valence electrons. The van der Waals surface area contributed by atoms with Crippen molar-refractivity contribution in [1.82, 2.24) is 29.7 Å². The number of fused-ring (bicyclic) bond motifs is 2. The fourth-order valence-electron chi connectivity index (χ4n) is 3.57. The van der Waals surface area contributed by atoms with Crippen LogP contribution in [0.25, 0.3) is 38.3 Å². The Morgan fingerprint density at radius 2 is 2.19 bits per heavy atom. The van der Waals surface area contributed by atoms with E-state index >= 15 is 0 Å². The Bertz CT molecular complexity index is 1500. The number of thiazole rings is 1. The van der Waals surface area contributed by atoms with Gasteiger partial charge in [-0.1, -0.05) is 22.9 Å². The van der Waals surface area contributed by atoms with Crippen molar-refractivity contribution in [2.45, 2.75) is 12.8 Å². The molecule has 0 saturated heterocycles. The minimum Gasteiger partial charge on any atom is -0.497 e. The number of imidazole rings is 1. The van der Waals surface area contributed by atoms with Crippen molar-refractivity contribution in [1.29, 1.82) is 0 Å². The van der Waals surface area contributed by atoms with Gasteiger partial charge in [-0.3, -0.25) is 14.5 Å². The van der Waals surface area contributed by atoms with Gasteiger partial charge in [0.15, 0.2) is 16.6 Å². The van der Waals surface area contributed by atoms with Crippen molar-refractivity contribution in [2.24, 2.45) is 5.92 Å². The van der Waals surface area contributed by atoms with Gasteiger partial charge in [0.25, 0.3) is 0 Å². The largest absolute Gasteiger partial charge is 0.497 e. The molecule has 4 heterocycles. The van der Waals surface area contributed by atoms with Crippen LogP contribution in [0.2, 0.25) is 5.15 Å². The van der Waals surface area contributed by atoms with Gasteiger partial charge in [-0.05, 0) is 37.1 Å². The van der Waals surface area contributed by atoms with Crippen molar-refractivity contribution in [3.05, 3.63) is 41.9 Å². The first-order chi connectivity index (χ1) is 15.6. The molecule has 32 heavy (non-hydrogen) atoms. The molecule has 1 aliphatic rings. The number of H-pyrrole nitrogens is 1. The van der Waals surface area contributed by atoms with Crippen LogP contribution >= 0.6 is 22.9 Å². The van der Waals surface area contributed by atoms with E-state index in [1.54, 1.807) is 19.6 Å². The van der Waals surface area contributed by atoms with Gasteiger partial charge in [0.1, 0.15) is 21.9 Å². The summed E-state index contributed by atoms with van der Waals surface area (Å²) in [6, 6.07) is 7.58. The molecule has 2 N–H and O–H groups in total. The van der Waals surface area contributed by atoms with Crippen LogP contribution < -0.4 is 10.1 Å². The highest BCUT2D eigenvalue weighted by atomic mass is 35.5. The molecular formula is C21H16ClN7O2S. The van der Waals surface area contributed by atoms with Crippen LogP contribution in [0, 0.1) is 5.92 Å². The monoisotopic (exact) mass is 465 g/mol. The summed E-state index contributed by atoms with van der Waals surface area (Å²) in [4.78, 5) is 25.4. The molecule has 9 nitrogen and oxygen atoms in total. The molecule has 0 unspecified atom stereocenters. The number of anilines is 1. The number of nitrogens with zero attached hydrogens (tertiary/aromatic N) is 5. The van der Waals surface area contributed by atoms with E-state index in [4.69, 9.17) is 16.3 Å². The lowest BCUT2D eigenvalue weighted by Gasteiger charge is -2.09. The lowest BCUT2D eigenvalue weighted by Crippen LogP contribution is -2.12. The van der Waals surface area contributed by atoms with E-state index < -0.39 is 0 Å². The number of rotatable bonds is 5. The zero-order valence-corrected chi connectivity index (χ0v) is 18.4. The van der Waals surface area contributed by atoms with Crippen LogP contribution in [-0.2, 0) is 4.79 Å². The van der Waals surface area contributed by atoms with E-state index in [0.29, 0.717) is 27.3 Å². The second-order valence-corrected chi connectivity index (χ2v) is 8.90. The van der Waals surface area contributed by atoms with Crippen LogP contribution in [0.3, 0.4) is 0 Å². The molecule has 5 aromatic rings. The van der Waals surface area contributed by atoms with Crippen LogP contribution in [0.4, 0.5) is 5.13 Å². The van der Waals surface area contributed by atoms with Gasteiger partial charge in [0.2, 0.25) is 5.91 Å². The molecule has 0 atom stereocenters. The fraction of sp³-hybridized carbons (Fsp3) is 0.190. The summed E-state index contributed by atoms with van der Waals surface area (Å²) in [7, 11) is 1.62. The Morgan fingerprint density at radius 3 is 3.00 bits per heavy atom. The summed E-state index contributed by atoms with van der Waals surface area (Å²) in [5, 5.41) is 12.1. The predicted octanol–water partition coefficient (Wildman–Crippen LogP) is 4.43. The number of methoxy groups -OCH3 is 1. The number of hydrogen-bond acceptors (Lipinski definition) is 7. The van der Waals surface area contributed by atoms with E-state index in [2.05, 4.69) is 30.5 Å². The topological polar surface area (TPSA) is 111 Å². The van der Waals surface area contributed by atoms with E-state index in [9.17, 15) is 4.79 Å². The molecule has 11 heteroatoms. The number of benzene rings is 1. The number of carbonyl (C=O) groups excluding carboxylic acids is 1. The summed E-state index contributed by atoms with van der Waals surface area (Å²) < 4.78 is 7.97. The maximum absolute atomic E-state index is 12.1. The third kappa shape index (κ3) is 3.19. The van der Waals surface area contributed by atoms with E-state index in [0.717, 1.165) is 39.9 Å². The second-order valence-electron chi connectivity index (χ2n) is 7.54. The van der Waals surface area contributed by atoms with Crippen molar-refractivity contribution in [3.8, 4) is 22.8 Å². The molecule has 1 aromatic carbocycles.